The predicted molar refractivity (Wildman–Crippen MR) is 48.6 cm³/mol. The fraction of sp³-hybridized carbons (Fsp3) is 1.00. The molecule has 0 spiro atoms. The molecule has 0 heterocycles. The number of hydrogen-bond acceptors (Lipinski definition) is 3. The summed E-state index contributed by atoms with van der Waals surface area (Å²) in [4.78, 5) is 1.97. The molecule has 15 heavy (non-hydrogen) atoms. The maximum atomic E-state index is 11.7. The van der Waals surface area contributed by atoms with Crippen LogP contribution in [0.5, 0.6) is 0 Å². The molecular weight excluding hydrogens is 211 g/mol. The molecular formula is C9H16F3NO2. The van der Waals surface area contributed by atoms with Gasteiger partial charge in [0, 0.05) is 19.1 Å². The first kappa shape index (κ1) is 12.7. The van der Waals surface area contributed by atoms with E-state index in [2.05, 4.69) is 4.74 Å². The van der Waals surface area contributed by atoms with Crippen LogP contribution in [0.15, 0.2) is 0 Å². The number of alkyl halides is 3. The van der Waals surface area contributed by atoms with Crippen molar-refractivity contribution in [1.82, 2.24) is 4.90 Å². The maximum Gasteiger partial charge on any atom is 0.411 e. The molecule has 1 saturated carbocycles. The molecule has 0 aliphatic heterocycles. The topological polar surface area (TPSA) is 32.7 Å². The van der Waals surface area contributed by atoms with Gasteiger partial charge in [-0.2, -0.15) is 13.2 Å². The van der Waals surface area contributed by atoms with Gasteiger partial charge in [-0.15, -0.1) is 0 Å². The number of hydrogen-bond donors (Lipinski definition) is 1. The van der Waals surface area contributed by atoms with Gasteiger partial charge in [-0.1, -0.05) is 0 Å². The van der Waals surface area contributed by atoms with Crippen LogP contribution >= 0.6 is 0 Å². The van der Waals surface area contributed by atoms with Crippen LogP contribution in [0.3, 0.4) is 0 Å². The average molecular weight is 227 g/mol. The SMILES string of the molecule is OCCN(CCOCC(F)(F)F)C1CC1. The summed E-state index contributed by atoms with van der Waals surface area (Å²) >= 11 is 0. The zero-order valence-corrected chi connectivity index (χ0v) is 8.46. The molecule has 0 unspecified atom stereocenters. The lowest BCUT2D eigenvalue weighted by Gasteiger charge is -2.20. The third-order valence-corrected chi connectivity index (χ3v) is 2.24. The van der Waals surface area contributed by atoms with E-state index in [1.165, 1.54) is 0 Å². The Morgan fingerprint density at radius 3 is 2.40 bits per heavy atom. The second kappa shape index (κ2) is 5.67. The van der Waals surface area contributed by atoms with Gasteiger partial charge in [0.15, 0.2) is 0 Å². The first-order valence-electron chi connectivity index (χ1n) is 5.02. The van der Waals surface area contributed by atoms with Gasteiger partial charge in [-0.3, -0.25) is 4.90 Å². The first-order chi connectivity index (χ1) is 7.03. The number of rotatable bonds is 7. The average Bonchev–Trinajstić information content (AvgIpc) is 2.91. The molecule has 90 valence electrons. The van der Waals surface area contributed by atoms with Crippen molar-refractivity contribution < 1.29 is 23.0 Å². The lowest BCUT2D eigenvalue weighted by atomic mass is 10.4. The summed E-state index contributed by atoms with van der Waals surface area (Å²) < 4.78 is 39.7. The van der Waals surface area contributed by atoms with E-state index >= 15 is 0 Å². The van der Waals surface area contributed by atoms with E-state index in [1.807, 2.05) is 4.90 Å². The molecule has 1 fully saturated rings. The molecule has 6 heteroatoms. The normalized spacial score (nSPS) is 17.4. The highest BCUT2D eigenvalue weighted by Gasteiger charge is 2.29. The molecule has 1 aliphatic rings. The lowest BCUT2D eigenvalue weighted by molar-refractivity contribution is -0.174. The Morgan fingerprint density at radius 2 is 1.93 bits per heavy atom. The quantitative estimate of drug-likeness (QED) is 0.659. The van der Waals surface area contributed by atoms with Gasteiger partial charge in [0.2, 0.25) is 0 Å². The standard InChI is InChI=1S/C9H16F3NO2/c10-9(11,12)7-15-6-4-13(3-5-14)8-1-2-8/h8,14H,1-7H2. The van der Waals surface area contributed by atoms with E-state index in [-0.39, 0.29) is 13.2 Å². The zero-order chi connectivity index (χ0) is 11.3. The molecule has 0 aromatic rings. The van der Waals surface area contributed by atoms with Crippen LogP contribution in [-0.4, -0.2) is 55.1 Å². The van der Waals surface area contributed by atoms with Crippen LogP contribution in [-0.2, 0) is 4.74 Å². The van der Waals surface area contributed by atoms with Crippen LogP contribution in [0.1, 0.15) is 12.8 Å². The Labute approximate surface area is 86.8 Å². The van der Waals surface area contributed by atoms with E-state index < -0.39 is 12.8 Å². The first-order valence-corrected chi connectivity index (χ1v) is 5.02. The van der Waals surface area contributed by atoms with E-state index in [1.54, 1.807) is 0 Å². The summed E-state index contributed by atoms with van der Waals surface area (Å²) in [5, 5.41) is 8.74. The highest BCUT2D eigenvalue weighted by molar-refractivity contribution is 4.84. The number of aliphatic hydroxyl groups excluding tert-OH is 1. The van der Waals surface area contributed by atoms with E-state index in [0.717, 1.165) is 12.8 Å². The second-order valence-corrected chi connectivity index (χ2v) is 3.66. The largest absolute Gasteiger partial charge is 0.411 e. The molecule has 1 rings (SSSR count). The Morgan fingerprint density at radius 1 is 1.27 bits per heavy atom. The van der Waals surface area contributed by atoms with Crippen LogP contribution in [0.25, 0.3) is 0 Å². The van der Waals surface area contributed by atoms with Gasteiger partial charge in [0.1, 0.15) is 6.61 Å². The van der Waals surface area contributed by atoms with Crippen molar-refractivity contribution in [2.45, 2.75) is 25.1 Å². The predicted octanol–water partition coefficient (Wildman–Crippen LogP) is 1.02. The Bertz CT molecular complexity index is 183. The molecule has 0 amide bonds. The molecule has 0 aromatic carbocycles. The van der Waals surface area contributed by atoms with Crippen molar-refractivity contribution in [2.24, 2.45) is 0 Å². The Balaban J connectivity index is 2.06. The van der Waals surface area contributed by atoms with Gasteiger partial charge in [0.05, 0.1) is 13.2 Å². The molecule has 0 radical (unpaired) electrons. The van der Waals surface area contributed by atoms with Gasteiger partial charge in [-0.25, -0.2) is 0 Å². The molecule has 1 N–H and O–H groups in total. The monoisotopic (exact) mass is 227 g/mol. The second-order valence-electron chi connectivity index (χ2n) is 3.66. The van der Waals surface area contributed by atoms with Crippen LogP contribution in [0, 0.1) is 0 Å². The molecule has 0 atom stereocenters. The summed E-state index contributed by atoms with van der Waals surface area (Å²) in [5.74, 6) is 0. The molecule has 3 nitrogen and oxygen atoms in total. The summed E-state index contributed by atoms with van der Waals surface area (Å²) in [5.41, 5.74) is 0. The number of aliphatic hydroxyl groups is 1. The van der Waals surface area contributed by atoms with E-state index in [0.29, 0.717) is 19.1 Å². The molecule has 0 saturated heterocycles. The van der Waals surface area contributed by atoms with Crippen molar-refractivity contribution in [2.75, 3.05) is 32.9 Å². The maximum absolute atomic E-state index is 11.7. The van der Waals surface area contributed by atoms with Crippen molar-refractivity contribution in [1.29, 1.82) is 0 Å². The van der Waals surface area contributed by atoms with E-state index in [9.17, 15) is 13.2 Å². The minimum absolute atomic E-state index is 0.0375. The van der Waals surface area contributed by atoms with Gasteiger partial charge < -0.3 is 9.84 Å². The van der Waals surface area contributed by atoms with Crippen molar-refractivity contribution in [3.8, 4) is 0 Å². The summed E-state index contributed by atoms with van der Waals surface area (Å²) in [6.45, 7) is -0.113. The van der Waals surface area contributed by atoms with Crippen LogP contribution < -0.4 is 0 Å². The zero-order valence-electron chi connectivity index (χ0n) is 8.46. The number of halogens is 3. The third-order valence-electron chi connectivity index (χ3n) is 2.24. The smallest absolute Gasteiger partial charge is 0.395 e. The highest BCUT2D eigenvalue weighted by atomic mass is 19.4. The highest BCUT2D eigenvalue weighted by Crippen LogP contribution is 2.26. The Kier molecular flexibility index (Phi) is 4.82. The summed E-state index contributed by atoms with van der Waals surface area (Å²) in [6, 6.07) is 0.437. The fourth-order valence-electron chi connectivity index (χ4n) is 1.41. The minimum Gasteiger partial charge on any atom is -0.395 e. The van der Waals surface area contributed by atoms with Crippen LogP contribution in [0.2, 0.25) is 0 Å². The Hall–Kier alpha value is -0.330. The fourth-order valence-corrected chi connectivity index (χ4v) is 1.41. The minimum atomic E-state index is -4.25. The molecule has 0 bridgehead atoms. The lowest BCUT2D eigenvalue weighted by Crippen LogP contribution is -2.33. The number of nitrogens with zero attached hydrogens (tertiary/aromatic N) is 1. The third kappa shape index (κ3) is 5.96. The van der Waals surface area contributed by atoms with Gasteiger partial charge in [-0.05, 0) is 12.8 Å². The van der Waals surface area contributed by atoms with Crippen molar-refractivity contribution in [3.05, 3.63) is 0 Å². The van der Waals surface area contributed by atoms with Crippen molar-refractivity contribution in [3.63, 3.8) is 0 Å². The van der Waals surface area contributed by atoms with Gasteiger partial charge >= 0.3 is 6.18 Å². The van der Waals surface area contributed by atoms with Crippen LogP contribution in [0.4, 0.5) is 13.2 Å². The summed E-state index contributed by atoms with van der Waals surface area (Å²) in [7, 11) is 0. The number of ether oxygens (including phenoxy) is 1. The molecule has 0 aromatic heterocycles. The van der Waals surface area contributed by atoms with E-state index in [4.69, 9.17) is 5.11 Å². The van der Waals surface area contributed by atoms with Gasteiger partial charge in [0.25, 0.3) is 0 Å². The summed E-state index contributed by atoms with van der Waals surface area (Å²) in [6.07, 6.45) is -2.11. The van der Waals surface area contributed by atoms with Crippen molar-refractivity contribution >= 4 is 0 Å². The molecule has 1 aliphatic carbocycles.